The van der Waals surface area contributed by atoms with Crippen LogP contribution in [-0.2, 0) is 17.9 Å². The van der Waals surface area contributed by atoms with Crippen LogP contribution in [0.5, 0.6) is 0 Å². The molecule has 23 heavy (non-hydrogen) atoms. The molecular weight excluding hydrogens is 297 g/mol. The SMILES string of the molecule is O=C(Cn1nnc(-c2ccc(F)cc2)n1)NCc1ccccc1. The number of rotatable bonds is 5. The summed E-state index contributed by atoms with van der Waals surface area (Å²) in [5, 5.41) is 14.6. The van der Waals surface area contributed by atoms with Gasteiger partial charge in [0.25, 0.3) is 0 Å². The molecule has 0 saturated carbocycles. The molecule has 3 rings (SSSR count). The van der Waals surface area contributed by atoms with E-state index in [1.54, 1.807) is 12.1 Å². The summed E-state index contributed by atoms with van der Waals surface area (Å²) in [4.78, 5) is 13.1. The van der Waals surface area contributed by atoms with Crippen molar-refractivity contribution in [3.05, 3.63) is 66.0 Å². The van der Waals surface area contributed by atoms with Gasteiger partial charge in [-0.15, -0.1) is 10.2 Å². The molecule has 6 nitrogen and oxygen atoms in total. The lowest BCUT2D eigenvalue weighted by Gasteiger charge is -2.04. The summed E-state index contributed by atoms with van der Waals surface area (Å²) in [5.74, 6) is -0.195. The molecule has 0 aliphatic rings. The number of nitrogens with zero attached hydrogens (tertiary/aromatic N) is 4. The summed E-state index contributed by atoms with van der Waals surface area (Å²) < 4.78 is 12.9. The minimum atomic E-state index is -0.332. The van der Waals surface area contributed by atoms with Gasteiger partial charge >= 0.3 is 0 Å². The van der Waals surface area contributed by atoms with E-state index in [2.05, 4.69) is 20.7 Å². The summed E-state index contributed by atoms with van der Waals surface area (Å²) in [6, 6.07) is 15.4. The third-order valence-corrected chi connectivity index (χ3v) is 3.17. The monoisotopic (exact) mass is 311 g/mol. The van der Waals surface area contributed by atoms with Gasteiger partial charge in [-0.1, -0.05) is 30.3 Å². The zero-order chi connectivity index (χ0) is 16.1. The maximum Gasteiger partial charge on any atom is 0.243 e. The Morgan fingerprint density at radius 3 is 2.57 bits per heavy atom. The first kappa shape index (κ1) is 14.8. The van der Waals surface area contributed by atoms with Crippen molar-refractivity contribution in [2.45, 2.75) is 13.1 Å². The van der Waals surface area contributed by atoms with Crippen LogP contribution in [0.3, 0.4) is 0 Å². The van der Waals surface area contributed by atoms with Crippen molar-refractivity contribution in [3.63, 3.8) is 0 Å². The van der Waals surface area contributed by atoms with Crippen molar-refractivity contribution in [3.8, 4) is 11.4 Å². The molecule has 1 aromatic heterocycles. The minimum absolute atomic E-state index is 0.0268. The largest absolute Gasteiger partial charge is 0.350 e. The van der Waals surface area contributed by atoms with Crippen molar-refractivity contribution in [1.82, 2.24) is 25.5 Å². The molecular formula is C16H14FN5O. The van der Waals surface area contributed by atoms with Crippen LogP contribution in [0.25, 0.3) is 11.4 Å². The Balaban J connectivity index is 1.58. The lowest BCUT2D eigenvalue weighted by Crippen LogP contribution is -2.28. The summed E-state index contributed by atoms with van der Waals surface area (Å²) in [6.45, 7) is 0.417. The molecule has 0 atom stereocenters. The first-order valence-electron chi connectivity index (χ1n) is 7.05. The van der Waals surface area contributed by atoms with E-state index in [-0.39, 0.29) is 18.3 Å². The van der Waals surface area contributed by atoms with E-state index in [9.17, 15) is 9.18 Å². The molecule has 1 amide bonds. The fourth-order valence-electron chi connectivity index (χ4n) is 2.01. The van der Waals surface area contributed by atoms with Crippen LogP contribution in [-0.4, -0.2) is 26.1 Å². The fraction of sp³-hybridized carbons (Fsp3) is 0.125. The Morgan fingerprint density at radius 1 is 1.09 bits per heavy atom. The number of hydrogen-bond acceptors (Lipinski definition) is 4. The topological polar surface area (TPSA) is 72.7 Å². The summed E-state index contributed by atoms with van der Waals surface area (Å²) in [5.41, 5.74) is 1.65. The molecule has 116 valence electrons. The van der Waals surface area contributed by atoms with Crippen LogP contribution in [0.4, 0.5) is 4.39 Å². The number of aromatic nitrogens is 4. The normalized spacial score (nSPS) is 10.5. The highest BCUT2D eigenvalue weighted by atomic mass is 19.1. The van der Waals surface area contributed by atoms with Crippen LogP contribution >= 0.6 is 0 Å². The van der Waals surface area contributed by atoms with E-state index in [0.29, 0.717) is 17.9 Å². The molecule has 0 radical (unpaired) electrons. The Kier molecular flexibility index (Phi) is 4.37. The van der Waals surface area contributed by atoms with Gasteiger partial charge in [0, 0.05) is 12.1 Å². The second-order valence-electron chi connectivity index (χ2n) is 4.91. The molecule has 0 aliphatic carbocycles. The Labute approximate surface area is 132 Å². The average Bonchev–Trinajstić information content (AvgIpc) is 3.03. The highest BCUT2D eigenvalue weighted by Crippen LogP contribution is 2.13. The number of benzene rings is 2. The van der Waals surface area contributed by atoms with Gasteiger partial charge in [0.1, 0.15) is 12.4 Å². The van der Waals surface area contributed by atoms with Crippen LogP contribution < -0.4 is 5.32 Å². The Morgan fingerprint density at radius 2 is 1.83 bits per heavy atom. The van der Waals surface area contributed by atoms with E-state index in [1.807, 2.05) is 30.3 Å². The van der Waals surface area contributed by atoms with Gasteiger partial charge in [0.2, 0.25) is 11.7 Å². The number of tetrazole rings is 1. The van der Waals surface area contributed by atoms with Crippen LogP contribution in [0.2, 0.25) is 0 Å². The standard InChI is InChI=1S/C16H14FN5O/c17-14-8-6-13(7-9-14)16-19-21-22(20-16)11-15(23)18-10-12-4-2-1-3-5-12/h1-9H,10-11H2,(H,18,23). The average molecular weight is 311 g/mol. The van der Waals surface area contributed by atoms with Crippen molar-refractivity contribution in [2.24, 2.45) is 0 Å². The predicted octanol–water partition coefficient (Wildman–Crippen LogP) is 1.80. The van der Waals surface area contributed by atoms with Gasteiger partial charge in [0.15, 0.2) is 0 Å². The second kappa shape index (κ2) is 6.78. The molecule has 2 aromatic carbocycles. The predicted molar refractivity (Wildman–Crippen MR) is 81.5 cm³/mol. The second-order valence-corrected chi connectivity index (χ2v) is 4.91. The number of carbonyl (C=O) groups is 1. The maximum atomic E-state index is 12.9. The third kappa shape index (κ3) is 3.97. The van der Waals surface area contributed by atoms with Gasteiger partial charge in [-0.3, -0.25) is 4.79 Å². The smallest absolute Gasteiger partial charge is 0.243 e. The first-order valence-corrected chi connectivity index (χ1v) is 7.05. The molecule has 0 fully saturated rings. The molecule has 0 bridgehead atoms. The van der Waals surface area contributed by atoms with Crippen LogP contribution in [0.1, 0.15) is 5.56 Å². The van der Waals surface area contributed by atoms with Crippen molar-refractivity contribution < 1.29 is 9.18 Å². The number of halogens is 1. The number of hydrogen-bond donors (Lipinski definition) is 1. The number of nitrogens with one attached hydrogen (secondary N) is 1. The number of amides is 1. The van der Waals surface area contributed by atoms with Crippen LogP contribution in [0.15, 0.2) is 54.6 Å². The van der Waals surface area contributed by atoms with Crippen molar-refractivity contribution >= 4 is 5.91 Å². The van der Waals surface area contributed by atoms with Gasteiger partial charge in [0.05, 0.1) is 0 Å². The molecule has 0 aliphatic heterocycles. The molecule has 1 heterocycles. The zero-order valence-corrected chi connectivity index (χ0v) is 12.2. The molecule has 3 aromatic rings. The lowest BCUT2D eigenvalue weighted by molar-refractivity contribution is -0.122. The van der Waals surface area contributed by atoms with Gasteiger partial charge < -0.3 is 5.32 Å². The molecule has 0 unspecified atom stereocenters. The van der Waals surface area contributed by atoms with E-state index in [4.69, 9.17) is 0 Å². The van der Waals surface area contributed by atoms with E-state index >= 15 is 0 Å². The van der Waals surface area contributed by atoms with Gasteiger partial charge in [-0.05, 0) is 35.0 Å². The van der Waals surface area contributed by atoms with Crippen molar-refractivity contribution in [2.75, 3.05) is 0 Å². The summed E-state index contributed by atoms with van der Waals surface area (Å²) in [6.07, 6.45) is 0. The van der Waals surface area contributed by atoms with Gasteiger partial charge in [-0.25, -0.2) is 4.39 Å². The van der Waals surface area contributed by atoms with E-state index < -0.39 is 0 Å². The highest BCUT2D eigenvalue weighted by Gasteiger charge is 2.09. The maximum absolute atomic E-state index is 12.9. The summed E-state index contributed by atoms with van der Waals surface area (Å²) in [7, 11) is 0. The molecule has 1 N–H and O–H groups in total. The minimum Gasteiger partial charge on any atom is -0.350 e. The highest BCUT2D eigenvalue weighted by molar-refractivity contribution is 5.75. The third-order valence-electron chi connectivity index (χ3n) is 3.17. The molecule has 0 saturated heterocycles. The van der Waals surface area contributed by atoms with Gasteiger partial charge in [-0.2, -0.15) is 4.80 Å². The van der Waals surface area contributed by atoms with E-state index in [1.165, 1.54) is 16.9 Å². The molecule has 7 heteroatoms. The number of carbonyl (C=O) groups excluding carboxylic acids is 1. The van der Waals surface area contributed by atoms with Crippen molar-refractivity contribution in [1.29, 1.82) is 0 Å². The molecule has 0 spiro atoms. The zero-order valence-electron chi connectivity index (χ0n) is 12.2. The fourth-order valence-corrected chi connectivity index (χ4v) is 2.01. The van der Waals surface area contributed by atoms with E-state index in [0.717, 1.165) is 5.56 Å². The summed E-state index contributed by atoms with van der Waals surface area (Å²) >= 11 is 0. The first-order chi connectivity index (χ1) is 11.2. The van der Waals surface area contributed by atoms with Crippen LogP contribution in [0, 0.1) is 5.82 Å². The Bertz CT molecular complexity index is 786. The quantitative estimate of drug-likeness (QED) is 0.780. The Hall–Kier alpha value is -3.09. The lowest BCUT2D eigenvalue weighted by atomic mass is 10.2.